The number of nitro groups is 1. The van der Waals surface area contributed by atoms with Gasteiger partial charge in [0.25, 0.3) is 5.69 Å². The highest BCUT2D eigenvalue weighted by molar-refractivity contribution is 5.77. The number of nitrogens with zero attached hydrogens (tertiary/aromatic N) is 1. The van der Waals surface area contributed by atoms with Gasteiger partial charge in [-0.3, -0.25) is 20.2 Å². The molecule has 0 spiro atoms. The molecule has 6 heteroatoms. The van der Waals surface area contributed by atoms with Crippen LogP contribution in [0.15, 0.2) is 24.3 Å². The SMILES string of the molecule is CCC(C)NC(C(=O)O)c1ccccc1[N+](=O)[O-]. The van der Waals surface area contributed by atoms with Gasteiger partial charge < -0.3 is 5.11 Å². The van der Waals surface area contributed by atoms with Crippen molar-refractivity contribution in [2.45, 2.75) is 32.4 Å². The van der Waals surface area contributed by atoms with Crippen molar-refractivity contribution in [3.63, 3.8) is 0 Å². The Kier molecular flexibility index (Phi) is 4.79. The highest BCUT2D eigenvalue weighted by atomic mass is 16.6. The van der Waals surface area contributed by atoms with Crippen LogP contribution in [0.4, 0.5) is 5.69 Å². The number of benzene rings is 1. The molecular formula is C12H16N2O4. The number of nitro benzene ring substituents is 1. The normalized spacial score (nSPS) is 13.9. The van der Waals surface area contributed by atoms with Gasteiger partial charge in [0.2, 0.25) is 0 Å². The molecule has 0 amide bonds. The van der Waals surface area contributed by atoms with Crippen LogP contribution in [0.3, 0.4) is 0 Å². The van der Waals surface area contributed by atoms with Crippen molar-refractivity contribution in [1.82, 2.24) is 5.32 Å². The molecule has 0 aromatic heterocycles. The summed E-state index contributed by atoms with van der Waals surface area (Å²) in [6.45, 7) is 3.75. The van der Waals surface area contributed by atoms with Crippen LogP contribution < -0.4 is 5.32 Å². The lowest BCUT2D eigenvalue weighted by Crippen LogP contribution is -2.35. The van der Waals surface area contributed by atoms with Gasteiger partial charge in [0.1, 0.15) is 6.04 Å². The predicted molar refractivity (Wildman–Crippen MR) is 66.4 cm³/mol. The Morgan fingerprint density at radius 2 is 2.11 bits per heavy atom. The van der Waals surface area contributed by atoms with E-state index in [9.17, 15) is 20.0 Å². The molecule has 2 unspecified atom stereocenters. The average molecular weight is 252 g/mol. The molecule has 0 aliphatic heterocycles. The molecule has 1 aromatic carbocycles. The van der Waals surface area contributed by atoms with Crippen LogP contribution in [0.1, 0.15) is 31.9 Å². The fourth-order valence-corrected chi connectivity index (χ4v) is 1.59. The molecule has 6 nitrogen and oxygen atoms in total. The van der Waals surface area contributed by atoms with E-state index in [1.807, 2.05) is 13.8 Å². The van der Waals surface area contributed by atoms with E-state index < -0.39 is 16.9 Å². The first-order valence-electron chi connectivity index (χ1n) is 5.69. The molecule has 0 aliphatic rings. The number of hydrogen-bond donors (Lipinski definition) is 2. The summed E-state index contributed by atoms with van der Waals surface area (Å²) in [4.78, 5) is 21.6. The van der Waals surface area contributed by atoms with E-state index in [4.69, 9.17) is 0 Å². The minimum absolute atomic E-state index is 0.0362. The van der Waals surface area contributed by atoms with E-state index in [1.165, 1.54) is 18.2 Å². The molecule has 0 fully saturated rings. The van der Waals surface area contributed by atoms with Gasteiger partial charge in [-0.15, -0.1) is 0 Å². The molecular weight excluding hydrogens is 236 g/mol. The third kappa shape index (κ3) is 3.27. The number of carboxylic acids is 1. The molecule has 0 bridgehead atoms. The van der Waals surface area contributed by atoms with Gasteiger partial charge in [-0.1, -0.05) is 19.1 Å². The molecule has 18 heavy (non-hydrogen) atoms. The highest BCUT2D eigenvalue weighted by Crippen LogP contribution is 2.25. The maximum absolute atomic E-state index is 11.2. The number of nitrogens with one attached hydrogen (secondary N) is 1. The topological polar surface area (TPSA) is 92.5 Å². The van der Waals surface area contributed by atoms with Crippen LogP contribution in [0.2, 0.25) is 0 Å². The van der Waals surface area contributed by atoms with Gasteiger partial charge in [0, 0.05) is 12.1 Å². The van der Waals surface area contributed by atoms with Crippen LogP contribution in [-0.2, 0) is 4.79 Å². The third-order valence-electron chi connectivity index (χ3n) is 2.75. The van der Waals surface area contributed by atoms with Crippen molar-refractivity contribution in [3.05, 3.63) is 39.9 Å². The minimum atomic E-state index is -1.12. The number of carboxylic acid groups (broad SMARTS) is 1. The first kappa shape index (κ1) is 14.1. The van der Waals surface area contributed by atoms with Crippen molar-refractivity contribution in [2.24, 2.45) is 0 Å². The van der Waals surface area contributed by atoms with Gasteiger partial charge >= 0.3 is 5.97 Å². The van der Waals surface area contributed by atoms with E-state index in [0.29, 0.717) is 0 Å². The zero-order chi connectivity index (χ0) is 13.7. The van der Waals surface area contributed by atoms with Crippen LogP contribution in [-0.4, -0.2) is 22.0 Å². The Morgan fingerprint density at radius 3 is 2.61 bits per heavy atom. The quantitative estimate of drug-likeness (QED) is 0.597. The summed E-state index contributed by atoms with van der Waals surface area (Å²) in [6, 6.07) is 4.78. The standard InChI is InChI=1S/C12H16N2O4/c1-3-8(2)13-11(12(15)16)9-6-4-5-7-10(9)14(17)18/h4-8,11,13H,3H2,1-2H3,(H,15,16). The van der Waals surface area contributed by atoms with E-state index in [0.717, 1.165) is 6.42 Å². The zero-order valence-corrected chi connectivity index (χ0v) is 10.3. The summed E-state index contributed by atoms with van der Waals surface area (Å²) < 4.78 is 0. The highest BCUT2D eigenvalue weighted by Gasteiger charge is 2.27. The van der Waals surface area contributed by atoms with Crippen LogP contribution in [0, 0.1) is 10.1 Å². The molecule has 0 radical (unpaired) electrons. The third-order valence-corrected chi connectivity index (χ3v) is 2.75. The summed E-state index contributed by atoms with van der Waals surface area (Å²) >= 11 is 0. The molecule has 2 atom stereocenters. The Balaban J connectivity index is 3.13. The maximum Gasteiger partial charge on any atom is 0.325 e. The van der Waals surface area contributed by atoms with Crippen LogP contribution >= 0.6 is 0 Å². The van der Waals surface area contributed by atoms with Crippen molar-refractivity contribution in [3.8, 4) is 0 Å². The molecule has 98 valence electrons. The molecule has 0 aliphatic carbocycles. The number of para-hydroxylation sites is 1. The van der Waals surface area contributed by atoms with Crippen molar-refractivity contribution in [2.75, 3.05) is 0 Å². The lowest BCUT2D eigenvalue weighted by Gasteiger charge is -2.19. The predicted octanol–water partition coefficient (Wildman–Crippen LogP) is 2.11. The number of rotatable bonds is 6. The van der Waals surface area contributed by atoms with Crippen LogP contribution in [0.5, 0.6) is 0 Å². The Labute approximate surface area is 105 Å². The molecule has 1 rings (SSSR count). The van der Waals surface area contributed by atoms with Crippen molar-refractivity contribution < 1.29 is 14.8 Å². The first-order chi connectivity index (χ1) is 8.47. The Bertz CT molecular complexity index is 447. The van der Waals surface area contributed by atoms with Crippen molar-refractivity contribution in [1.29, 1.82) is 0 Å². The minimum Gasteiger partial charge on any atom is -0.480 e. The van der Waals surface area contributed by atoms with E-state index in [2.05, 4.69) is 5.32 Å². The van der Waals surface area contributed by atoms with E-state index >= 15 is 0 Å². The lowest BCUT2D eigenvalue weighted by atomic mass is 10.0. The number of carbonyl (C=O) groups is 1. The summed E-state index contributed by atoms with van der Waals surface area (Å²) in [7, 11) is 0. The Hall–Kier alpha value is -1.95. The molecule has 0 saturated carbocycles. The van der Waals surface area contributed by atoms with E-state index in [1.54, 1.807) is 6.07 Å². The summed E-state index contributed by atoms with van der Waals surface area (Å²) in [5, 5.41) is 23.0. The molecule has 0 saturated heterocycles. The zero-order valence-electron chi connectivity index (χ0n) is 10.3. The molecule has 0 heterocycles. The lowest BCUT2D eigenvalue weighted by molar-refractivity contribution is -0.385. The smallest absolute Gasteiger partial charge is 0.325 e. The van der Waals surface area contributed by atoms with Gasteiger partial charge in [-0.05, 0) is 19.4 Å². The second kappa shape index (κ2) is 6.11. The van der Waals surface area contributed by atoms with Gasteiger partial charge in [0.15, 0.2) is 0 Å². The fourth-order valence-electron chi connectivity index (χ4n) is 1.59. The molecule has 2 N–H and O–H groups in total. The summed E-state index contributed by atoms with van der Waals surface area (Å²) in [5.41, 5.74) is -0.00370. The van der Waals surface area contributed by atoms with Gasteiger partial charge in [-0.2, -0.15) is 0 Å². The summed E-state index contributed by atoms with van der Waals surface area (Å²) in [6.07, 6.45) is 0.740. The first-order valence-corrected chi connectivity index (χ1v) is 5.69. The Morgan fingerprint density at radius 1 is 1.50 bits per heavy atom. The average Bonchev–Trinajstić information content (AvgIpc) is 2.35. The summed E-state index contributed by atoms with van der Waals surface area (Å²) in [5.74, 6) is -1.12. The maximum atomic E-state index is 11.2. The largest absolute Gasteiger partial charge is 0.480 e. The van der Waals surface area contributed by atoms with E-state index in [-0.39, 0.29) is 17.3 Å². The number of aliphatic carboxylic acids is 1. The van der Waals surface area contributed by atoms with Gasteiger partial charge in [0.05, 0.1) is 10.5 Å². The van der Waals surface area contributed by atoms with Gasteiger partial charge in [-0.25, -0.2) is 0 Å². The second-order valence-corrected chi connectivity index (χ2v) is 4.06. The second-order valence-electron chi connectivity index (χ2n) is 4.06. The monoisotopic (exact) mass is 252 g/mol. The fraction of sp³-hybridized carbons (Fsp3) is 0.417. The van der Waals surface area contributed by atoms with Crippen LogP contribution in [0.25, 0.3) is 0 Å². The number of hydrogen-bond acceptors (Lipinski definition) is 4. The molecule has 1 aromatic rings. The van der Waals surface area contributed by atoms with Crippen molar-refractivity contribution >= 4 is 11.7 Å².